The van der Waals surface area contributed by atoms with E-state index in [-0.39, 0.29) is 17.2 Å². The summed E-state index contributed by atoms with van der Waals surface area (Å²) in [5.41, 5.74) is 5.71. The molecule has 19 heavy (non-hydrogen) atoms. The van der Waals surface area contributed by atoms with Crippen LogP contribution in [0.4, 0.5) is 4.39 Å². The maximum atomic E-state index is 12.9. The van der Waals surface area contributed by atoms with Gasteiger partial charge in [-0.25, -0.2) is 4.39 Å². The van der Waals surface area contributed by atoms with Gasteiger partial charge in [0.2, 0.25) is 0 Å². The zero-order valence-corrected chi connectivity index (χ0v) is 10.8. The Morgan fingerprint density at radius 3 is 3.00 bits per heavy atom. The highest BCUT2D eigenvalue weighted by atomic mass is 19.1. The van der Waals surface area contributed by atoms with Crippen molar-refractivity contribution in [3.63, 3.8) is 0 Å². The first-order chi connectivity index (χ1) is 9.11. The quantitative estimate of drug-likeness (QED) is 0.875. The van der Waals surface area contributed by atoms with Gasteiger partial charge in [-0.1, -0.05) is 0 Å². The predicted octanol–water partition coefficient (Wildman–Crippen LogP) is 1.73. The molecule has 1 aliphatic rings. The van der Waals surface area contributed by atoms with Gasteiger partial charge in [-0.05, 0) is 43.9 Å². The molecule has 0 aromatic heterocycles. The number of nitrogens with two attached hydrogens (primary N) is 1. The van der Waals surface area contributed by atoms with Gasteiger partial charge < -0.3 is 15.7 Å². The van der Waals surface area contributed by atoms with Crippen LogP contribution in [0.2, 0.25) is 0 Å². The molecule has 1 aromatic carbocycles. The van der Waals surface area contributed by atoms with E-state index in [0.717, 1.165) is 25.3 Å². The molecule has 4 nitrogen and oxygen atoms in total. The molecule has 1 aliphatic heterocycles. The molecule has 1 fully saturated rings. The Hall–Kier alpha value is -1.62. The molecule has 1 saturated heterocycles. The highest BCUT2D eigenvalue weighted by Crippen LogP contribution is 2.24. The molecule has 5 heteroatoms. The van der Waals surface area contributed by atoms with Gasteiger partial charge in [0.05, 0.1) is 5.56 Å². The first-order valence-electron chi connectivity index (χ1n) is 6.59. The first kappa shape index (κ1) is 13.8. The van der Waals surface area contributed by atoms with Crippen molar-refractivity contribution in [2.24, 2.45) is 11.7 Å². The number of halogens is 1. The number of benzene rings is 1. The van der Waals surface area contributed by atoms with Crippen LogP contribution in [0, 0.1) is 11.7 Å². The van der Waals surface area contributed by atoms with E-state index >= 15 is 0 Å². The smallest absolute Gasteiger partial charge is 0.257 e. The molecule has 1 amide bonds. The number of piperidine rings is 1. The minimum absolute atomic E-state index is 0.162. The van der Waals surface area contributed by atoms with Crippen molar-refractivity contribution in [3.05, 3.63) is 29.6 Å². The predicted molar refractivity (Wildman–Crippen MR) is 70.4 cm³/mol. The molecule has 1 heterocycles. The lowest BCUT2D eigenvalue weighted by molar-refractivity contribution is 0.0666. The van der Waals surface area contributed by atoms with Gasteiger partial charge in [0, 0.05) is 19.2 Å². The first-order valence-corrected chi connectivity index (χ1v) is 6.59. The van der Waals surface area contributed by atoms with Crippen LogP contribution in [0.25, 0.3) is 0 Å². The van der Waals surface area contributed by atoms with Crippen molar-refractivity contribution >= 4 is 5.91 Å². The highest BCUT2D eigenvalue weighted by Gasteiger charge is 2.25. The maximum Gasteiger partial charge on any atom is 0.257 e. The monoisotopic (exact) mass is 266 g/mol. The number of phenolic OH excluding ortho intramolecular Hbond substituents is 1. The average Bonchev–Trinajstić information content (AvgIpc) is 2.39. The fourth-order valence-corrected chi connectivity index (χ4v) is 2.58. The number of rotatable bonds is 3. The van der Waals surface area contributed by atoms with E-state index in [9.17, 15) is 14.3 Å². The Kier molecular flexibility index (Phi) is 4.37. The number of likely N-dealkylation sites (tertiary alicyclic amines) is 1. The standard InChI is InChI=1S/C14H19FN2O2/c15-11-3-4-12(13(18)8-11)14(19)17-7-1-2-10(9-17)5-6-16/h3-4,8,10,18H,1-2,5-7,9,16H2. The van der Waals surface area contributed by atoms with Crippen LogP contribution in [-0.4, -0.2) is 35.5 Å². The van der Waals surface area contributed by atoms with Crippen molar-refractivity contribution in [3.8, 4) is 5.75 Å². The van der Waals surface area contributed by atoms with Crippen LogP contribution in [0.3, 0.4) is 0 Å². The van der Waals surface area contributed by atoms with Gasteiger partial charge in [-0.2, -0.15) is 0 Å². The molecule has 0 bridgehead atoms. The second-order valence-electron chi connectivity index (χ2n) is 5.00. The third-order valence-electron chi connectivity index (χ3n) is 3.57. The van der Waals surface area contributed by atoms with E-state index in [4.69, 9.17) is 5.73 Å². The van der Waals surface area contributed by atoms with Crippen molar-refractivity contribution in [2.45, 2.75) is 19.3 Å². The lowest BCUT2D eigenvalue weighted by Crippen LogP contribution is -2.40. The normalized spacial score (nSPS) is 19.5. The van der Waals surface area contributed by atoms with E-state index in [0.29, 0.717) is 25.6 Å². The number of nitrogens with zero attached hydrogens (tertiary/aromatic N) is 1. The molecular formula is C14H19FN2O2. The molecule has 104 valence electrons. The van der Waals surface area contributed by atoms with Gasteiger partial charge in [0.15, 0.2) is 0 Å². The van der Waals surface area contributed by atoms with E-state index in [2.05, 4.69) is 0 Å². The van der Waals surface area contributed by atoms with E-state index in [1.165, 1.54) is 12.1 Å². The van der Waals surface area contributed by atoms with E-state index < -0.39 is 5.82 Å². The fraction of sp³-hybridized carbons (Fsp3) is 0.500. The van der Waals surface area contributed by atoms with Gasteiger partial charge >= 0.3 is 0 Å². The second kappa shape index (κ2) is 6.02. The van der Waals surface area contributed by atoms with Crippen molar-refractivity contribution < 1.29 is 14.3 Å². The highest BCUT2D eigenvalue weighted by molar-refractivity contribution is 5.96. The number of carbonyl (C=O) groups excluding carboxylic acids is 1. The summed E-state index contributed by atoms with van der Waals surface area (Å²) in [4.78, 5) is 14.0. The van der Waals surface area contributed by atoms with Crippen LogP contribution in [0.1, 0.15) is 29.6 Å². The van der Waals surface area contributed by atoms with Crippen LogP contribution in [0.5, 0.6) is 5.75 Å². The van der Waals surface area contributed by atoms with Crippen LogP contribution >= 0.6 is 0 Å². The number of phenols is 1. The Labute approximate surface area is 112 Å². The maximum absolute atomic E-state index is 12.9. The molecule has 1 unspecified atom stereocenters. The third-order valence-corrected chi connectivity index (χ3v) is 3.57. The van der Waals surface area contributed by atoms with Crippen molar-refractivity contribution in [2.75, 3.05) is 19.6 Å². The number of aromatic hydroxyl groups is 1. The Bertz CT molecular complexity index is 463. The number of hydrogen-bond donors (Lipinski definition) is 2. The lowest BCUT2D eigenvalue weighted by Gasteiger charge is -2.32. The molecule has 0 radical (unpaired) electrons. The zero-order chi connectivity index (χ0) is 13.8. The summed E-state index contributed by atoms with van der Waals surface area (Å²) in [5.74, 6) is -0.663. The minimum Gasteiger partial charge on any atom is -0.507 e. The summed E-state index contributed by atoms with van der Waals surface area (Å²) in [5, 5.41) is 9.65. The molecule has 2 rings (SSSR count). The zero-order valence-electron chi connectivity index (χ0n) is 10.8. The van der Waals surface area contributed by atoms with Crippen molar-refractivity contribution in [1.82, 2.24) is 4.90 Å². The molecule has 1 aromatic rings. The summed E-state index contributed by atoms with van der Waals surface area (Å²) in [6.07, 6.45) is 2.92. The Morgan fingerprint density at radius 2 is 2.32 bits per heavy atom. The van der Waals surface area contributed by atoms with Crippen LogP contribution in [0.15, 0.2) is 18.2 Å². The summed E-state index contributed by atoms with van der Waals surface area (Å²) in [6.45, 7) is 1.96. The van der Waals surface area contributed by atoms with Crippen molar-refractivity contribution in [1.29, 1.82) is 0 Å². The van der Waals surface area contributed by atoms with E-state index in [1.54, 1.807) is 4.90 Å². The third kappa shape index (κ3) is 3.23. The molecule has 0 aliphatic carbocycles. The largest absolute Gasteiger partial charge is 0.507 e. The van der Waals surface area contributed by atoms with Crippen LogP contribution in [-0.2, 0) is 0 Å². The minimum atomic E-state index is -0.547. The molecule has 3 N–H and O–H groups in total. The van der Waals surface area contributed by atoms with Gasteiger partial charge in [-0.15, -0.1) is 0 Å². The lowest BCUT2D eigenvalue weighted by atomic mass is 9.94. The summed E-state index contributed by atoms with van der Waals surface area (Å²) in [7, 11) is 0. The molecule has 0 saturated carbocycles. The van der Waals surface area contributed by atoms with Gasteiger partial charge in [-0.3, -0.25) is 4.79 Å². The Morgan fingerprint density at radius 1 is 1.53 bits per heavy atom. The van der Waals surface area contributed by atoms with Gasteiger partial charge in [0.25, 0.3) is 5.91 Å². The van der Waals surface area contributed by atoms with Crippen LogP contribution < -0.4 is 5.73 Å². The summed E-state index contributed by atoms with van der Waals surface area (Å²) in [6, 6.07) is 3.49. The summed E-state index contributed by atoms with van der Waals surface area (Å²) >= 11 is 0. The number of hydrogen-bond acceptors (Lipinski definition) is 3. The van der Waals surface area contributed by atoms with E-state index in [1.807, 2.05) is 0 Å². The topological polar surface area (TPSA) is 66.6 Å². The number of amides is 1. The SMILES string of the molecule is NCCC1CCCN(C(=O)c2ccc(F)cc2O)C1. The fourth-order valence-electron chi connectivity index (χ4n) is 2.58. The Balaban J connectivity index is 2.10. The molecular weight excluding hydrogens is 247 g/mol. The van der Waals surface area contributed by atoms with Gasteiger partial charge in [0.1, 0.15) is 11.6 Å². The molecule has 1 atom stereocenters. The molecule has 0 spiro atoms. The second-order valence-corrected chi connectivity index (χ2v) is 5.00. The number of carbonyl (C=O) groups is 1. The average molecular weight is 266 g/mol. The summed E-state index contributed by atoms with van der Waals surface area (Å²) < 4.78 is 12.9.